The zero-order valence-corrected chi connectivity index (χ0v) is 10.3. The molecular weight excluding hydrogens is 216 g/mol. The van der Waals surface area contributed by atoms with E-state index in [1.165, 1.54) is 19.3 Å². The fourth-order valence-electron chi connectivity index (χ4n) is 1.79. The summed E-state index contributed by atoms with van der Waals surface area (Å²) in [5.41, 5.74) is 0.816. The van der Waals surface area contributed by atoms with Crippen molar-refractivity contribution in [1.82, 2.24) is 15.5 Å². The number of hydrogen-bond donors (Lipinski definition) is 2. The third-order valence-electron chi connectivity index (χ3n) is 3.48. The van der Waals surface area contributed by atoms with Crippen molar-refractivity contribution in [2.75, 3.05) is 18.9 Å². The van der Waals surface area contributed by atoms with Gasteiger partial charge < -0.3 is 10.6 Å². The zero-order chi connectivity index (χ0) is 12.3. The minimum Gasteiger partial charge on any atom is -0.368 e. The lowest BCUT2D eigenvalue weighted by molar-refractivity contribution is 0.0957. The number of anilines is 1. The van der Waals surface area contributed by atoms with E-state index in [2.05, 4.69) is 27.8 Å². The highest BCUT2D eigenvalue weighted by Crippen LogP contribution is 2.48. The van der Waals surface area contributed by atoms with Gasteiger partial charge in [-0.3, -0.25) is 4.79 Å². The normalized spacial score (nSPS) is 16.4. The lowest BCUT2D eigenvalue weighted by atomic mass is 10.0. The summed E-state index contributed by atoms with van der Waals surface area (Å²) >= 11 is 0. The van der Waals surface area contributed by atoms with Gasteiger partial charge in [-0.1, -0.05) is 6.92 Å². The average Bonchev–Trinajstić information content (AvgIpc) is 3.17. The third-order valence-corrected chi connectivity index (χ3v) is 3.48. The average molecular weight is 234 g/mol. The summed E-state index contributed by atoms with van der Waals surface area (Å²) < 4.78 is 0. The fraction of sp³-hybridized carbons (Fsp3) is 0.583. The van der Waals surface area contributed by atoms with Crippen molar-refractivity contribution >= 4 is 11.7 Å². The van der Waals surface area contributed by atoms with E-state index < -0.39 is 0 Å². The Bertz CT molecular complexity index is 397. The van der Waals surface area contributed by atoms with Crippen LogP contribution in [-0.4, -0.2) is 29.7 Å². The molecule has 17 heavy (non-hydrogen) atoms. The number of carbonyl (C=O) groups is 1. The Labute approximate surface area is 101 Å². The highest BCUT2D eigenvalue weighted by Gasteiger charge is 2.40. The van der Waals surface area contributed by atoms with Crippen LogP contribution in [0, 0.1) is 5.41 Å². The van der Waals surface area contributed by atoms with Crippen LogP contribution >= 0.6 is 0 Å². The highest BCUT2D eigenvalue weighted by molar-refractivity contribution is 5.91. The van der Waals surface area contributed by atoms with Crippen LogP contribution in [0.5, 0.6) is 0 Å². The number of amides is 1. The topological polar surface area (TPSA) is 66.9 Å². The molecule has 5 nitrogen and oxygen atoms in total. The maximum atomic E-state index is 11.3. The molecule has 5 heteroatoms. The predicted molar refractivity (Wildman–Crippen MR) is 65.9 cm³/mol. The Hall–Kier alpha value is -1.65. The minimum absolute atomic E-state index is 0.212. The number of nitrogens with zero attached hydrogens (tertiary/aromatic N) is 2. The number of carbonyl (C=O) groups excluding carboxylic acids is 1. The van der Waals surface area contributed by atoms with Crippen molar-refractivity contribution in [2.24, 2.45) is 5.41 Å². The molecule has 2 rings (SSSR count). The van der Waals surface area contributed by atoms with E-state index in [0.29, 0.717) is 11.1 Å². The summed E-state index contributed by atoms with van der Waals surface area (Å²) in [5, 5.41) is 13.7. The Kier molecular flexibility index (Phi) is 3.26. The standard InChI is InChI=1S/C12H18N4O/c1-3-12(6-7-12)8-14-10-5-4-9(15-16-10)11(17)13-2/h4-5H,3,6-8H2,1-2H3,(H,13,17)(H,14,16). The summed E-state index contributed by atoms with van der Waals surface area (Å²) in [4.78, 5) is 11.3. The minimum atomic E-state index is -0.212. The van der Waals surface area contributed by atoms with Gasteiger partial charge in [0.1, 0.15) is 5.82 Å². The summed E-state index contributed by atoms with van der Waals surface area (Å²) in [6, 6.07) is 3.48. The van der Waals surface area contributed by atoms with E-state index in [0.717, 1.165) is 12.4 Å². The van der Waals surface area contributed by atoms with Crippen molar-refractivity contribution in [3.8, 4) is 0 Å². The van der Waals surface area contributed by atoms with Crippen LogP contribution in [0.25, 0.3) is 0 Å². The second-order valence-corrected chi connectivity index (χ2v) is 4.59. The molecular formula is C12H18N4O. The van der Waals surface area contributed by atoms with Crippen molar-refractivity contribution < 1.29 is 4.79 Å². The first-order chi connectivity index (χ1) is 8.19. The second-order valence-electron chi connectivity index (χ2n) is 4.59. The summed E-state index contributed by atoms with van der Waals surface area (Å²) in [5.74, 6) is 0.522. The van der Waals surface area contributed by atoms with Gasteiger partial charge >= 0.3 is 0 Å². The molecule has 0 aliphatic heterocycles. The maximum Gasteiger partial charge on any atom is 0.271 e. The molecule has 2 N–H and O–H groups in total. The van der Waals surface area contributed by atoms with Crippen LogP contribution in [-0.2, 0) is 0 Å². The van der Waals surface area contributed by atoms with Gasteiger partial charge in [0, 0.05) is 13.6 Å². The van der Waals surface area contributed by atoms with E-state index in [9.17, 15) is 4.79 Å². The molecule has 0 saturated heterocycles. The van der Waals surface area contributed by atoms with Gasteiger partial charge in [0.25, 0.3) is 5.91 Å². The smallest absolute Gasteiger partial charge is 0.271 e. The predicted octanol–water partition coefficient (Wildman–Crippen LogP) is 1.44. The molecule has 1 aliphatic carbocycles. The summed E-state index contributed by atoms with van der Waals surface area (Å²) in [7, 11) is 1.58. The van der Waals surface area contributed by atoms with Gasteiger partial charge in [-0.15, -0.1) is 10.2 Å². The van der Waals surface area contributed by atoms with Crippen LogP contribution in [0.4, 0.5) is 5.82 Å². The van der Waals surface area contributed by atoms with Gasteiger partial charge in [-0.2, -0.15) is 0 Å². The van der Waals surface area contributed by atoms with Crippen molar-refractivity contribution in [2.45, 2.75) is 26.2 Å². The number of rotatable bonds is 5. The monoisotopic (exact) mass is 234 g/mol. The van der Waals surface area contributed by atoms with E-state index in [4.69, 9.17) is 0 Å². The van der Waals surface area contributed by atoms with Crippen LogP contribution < -0.4 is 10.6 Å². The Morgan fingerprint density at radius 3 is 2.65 bits per heavy atom. The van der Waals surface area contributed by atoms with E-state index in [-0.39, 0.29) is 5.91 Å². The lowest BCUT2D eigenvalue weighted by Crippen LogP contribution is -2.20. The Morgan fingerprint density at radius 2 is 2.18 bits per heavy atom. The van der Waals surface area contributed by atoms with Crippen molar-refractivity contribution in [3.63, 3.8) is 0 Å². The molecule has 1 amide bonds. The van der Waals surface area contributed by atoms with Gasteiger partial charge in [-0.05, 0) is 36.8 Å². The molecule has 0 atom stereocenters. The van der Waals surface area contributed by atoms with E-state index in [1.54, 1.807) is 19.2 Å². The first-order valence-electron chi connectivity index (χ1n) is 5.99. The van der Waals surface area contributed by atoms with Crippen LogP contribution in [0.3, 0.4) is 0 Å². The first kappa shape index (κ1) is 11.8. The molecule has 1 aromatic heterocycles. The highest BCUT2D eigenvalue weighted by atomic mass is 16.1. The second kappa shape index (κ2) is 4.69. The van der Waals surface area contributed by atoms with Crippen LogP contribution in [0.1, 0.15) is 36.7 Å². The molecule has 0 radical (unpaired) electrons. The maximum absolute atomic E-state index is 11.3. The van der Waals surface area contributed by atoms with Gasteiger partial charge in [0.2, 0.25) is 0 Å². The van der Waals surface area contributed by atoms with Gasteiger partial charge in [-0.25, -0.2) is 0 Å². The number of hydrogen-bond acceptors (Lipinski definition) is 4. The van der Waals surface area contributed by atoms with E-state index >= 15 is 0 Å². The lowest BCUT2D eigenvalue weighted by Gasteiger charge is -2.13. The SMILES string of the molecule is CCC1(CNc2ccc(C(=O)NC)nn2)CC1. The Balaban J connectivity index is 1.92. The molecule has 0 aromatic carbocycles. The van der Waals surface area contributed by atoms with Crippen molar-refractivity contribution in [1.29, 1.82) is 0 Å². The molecule has 1 fully saturated rings. The van der Waals surface area contributed by atoms with Gasteiger partial charge in [0.15, 0.2) is 5.69 Å². The fourth-order valence-corrected chi connectivity index (χ4v) is 1.79. The quantitative estimate of drug-likeness (QED) is 0.809. The zero-order valence-electron chi connectivity index (χ0n) is 10.3. The molecule has 0 unspecified atom stereocenters. The van der Waals surface area contributed by atoms with Crippen molar-refractivity contribution in [3.05, 3.63) is 17.8 Å². The third kappa shape index (κ3) is 2.72. The number of nitrogens with one attached hydrogen (secondary N) is 2. The summed E-state index contributed by atoms with van der Waals surface area (Å²) in [6.45, 7) is 3.16. The molecule has 0 spiro atoms. The molecule has 1 aromatic rings. The molecule has 1 aliphatic rings. The van der Waals surface area contributed by atoms with E-state index in [1.807, 2.05) is 0 Å². The molecule has 1 saturated carbocycles. The Morgan fingerprint density at radius 1 is 1.41 bits per heavy atom. The molecule has 0 bridgehead atoms. The van der Waals surface area contributed by atoms with Gasteiger partial charge in [0.05, 0.1) is 0 Å². The molecule has 1 heterocycles. The van der Waals surface area contributed by atoms with Crippen LogP contribution in [0.15, 0.2) is 12.1 Å². The van der Waals surface area contributed by atoms with Crippen LogP contribution in [0.2, 0.25) is 0 Å². The molecule has 92 valence electrons. The first-order valence-corrected chi connectivity index (χ1v) is 5.99. The largest absolute Gasteiger partial charge is 0.368 e. The summed E-state index contributed by atoms with van der Waals surface area (Å²) in [6.07, 6.45) is 3.78. The number of aromatic nitrogens is 2.